The minimum absolute atomic E-state index is 0.699. The lowest BCUT2D eigenvalue weighted by atomic mass is 10.0. The van der Waals surface area contributed by atoms with Gasteiger partial charge in [-0.2, -0.15) is 0 Å². The topological polar surface area (TPSA) is 27.7 Å². The van der Waals surface area contributed by atoms with Crippen molar-refractivity contribution < 1.29 is 13.6 Å². The summed E-state index contributed by atoms with van der Waals surface area (Å²) in [6.45, 7) is 4.48. The summed E-state index contributed by atoms with van der Waals surface area (Å²) in [6.07, 6.45) is 19.5. The fraction of sp³-hybridized carbons (Fsp3) is 1.00. The maximum Gasteiger partial charge on any atom is 0.332 e. The third-order valence-corrected chi connectivity index (χ3v) is 5.35. The summed E-state index contributed by atoms with van der Waals surface area (Å²) in [5.74, 6) is 0. The van der Waals surface area contributed by atoms with Crippen molar-refractivity contribution in [3.8, 4) is 0 Å². The van der Waals surface area contributed by atoms with Gasteiger partial charge >= 0.3 is 8.60 Å². The molecular weight excluding hydrogens is 295 g/mol. The normalized spacial score (nSPS) is 15.7. The predicted octanol–water partition coefficient (Wildman–Crippen LogP) is 6.76. The monoisotopic (exact) mass is 332 g/mol. The average molecular weight is 332 g/mol. The molecule has 132 valence electrons. The molecule has 0 saturated carbocycles. The zero-order chi connectivity index (χ0) is 15.7. The van der Waals surface area contributed by atoms with E-state index in [1.54, 1.807) is 0 Å². The zero-order valence-corrected chi connectivity index (χ0v) is 15.6. The third-order valence-electron chi connectivity index (χ3n) is 4.17. The molecule has 0 unspecified atom stereocenters. The molecule has 0 aromatic carbocycles. The molecule has 0 amide bonds. The minimum Gasteiger partial charge on any atom is -0.312 e. The van der Waals surface area contributed by atoms with Crippen LogP contribution >= 0.6 is 8.60 Å². The first-order valence-electron chi connectivity index (χ1n) is 9.62. The maximum atomic E-state index is 5.53. The van der Waals surface area contributed by atoms with E-state index < -0.39 is 8.60 Å². The van der Waals surface area contributed by atoms with Gasteiger partial charge < -0.3 is 13.6 Å². The van der Waals surface area contributed by atoms with Crippen molar-refractivity contribution in [2.24, 2.45) is 0 Å². The van der Waals surface area contributed by atoms with Crippen molar-refractivity contribution in [2.45, 2.75) is 96.8 Å². The molecule has 0 spiro atoms. The van der Waals surface area contributed by atoms with Gasteiger partial charge in [-0.1, -0.05) is 90.4 Å². The van der Waals surface area contributed by atoms with Gasteiger partial charge in [0.25, 0.3) is 0 Å². The van der Waals surface area contributed by atoms with Crippen LogP contribution in [0, 0.1) is 0 Å². The minimum atomic E-state index is -0.987. The maximum absolute atomic E-state index is 5.53. The average Bonchev–Trinajstić information content (AvgIpc) is 3.04. The molecule has 1 fully saturated rings. The first-order chi connectivity index (χ1) is 10.9. The van der Waals surface area contributed by atoms with E-state index in [4.69, 9.17) is 13.6 Å². The van der Waals surface area contributed by atoms with Gasteiger partial charge in [-0.05, 0) is 6.42 Å². The van der Waals surface area contributed by atoms with E-state index >= 15 is 0 Å². The Balaban J connectivity index is 1.64. The van der Waals surface area contributed by atoms with Crippen molar-refractivity contribution >= 4 is 8.60 Å². The number of hydrogen-bond acceptors (Lipinski definition) is 3. The molecule has 0 bridgehead atoms. The van der Waals surface area contributed by atoms with Crippen LogP contribution in [-0.4, -0.2) is 19.8 Å². The summed E-state index contributed by atoms with van der Waals surface area (Å²) < 4.78 is 16.1. The van der Waals surface area contributed by atoms with Crippen LogP contribution in [0.4, 0.5) is 0 Å². The molecule has 1 saturated heterocycles. The smallest absolute Gasteiger partial charge is 0.312 e. The quantitative estimate of drug-likeness (QED) is 0.231. The van der Waals surface area contributed by atoms with E-state index in [1.807, 2.05) is 0 Å². The van der Waals surface area contributed by atoms with Crippen LogP contribution in [0.1, 0.15) is 96.8 Å². The van der Waals surface area contributed by atoms with Crippen LogP contribution in [0.25, 0.3) is 0 Å². The molecule has 1 heterocycles. The number of rotatable bonds is 16. The highest BCUT2D eigenvalue weighted by Crippen LogP contribution is 2.43. The Morgan fingerprint density at radius 2 is 1.05 bits per heavy atom. The van der Waals surface area contributed by atoms with E-state index in [-0.39, 0.29) is 0 Å². The second-order valence-corrected chi connectivity index (χ2v) is 7.54. The SMILES string of the molecule is CCCCCCCCCCCCCCCCOP1OCCO1. The van der Waals surface area contributed by atoms with Crippen molar-refractivity contribution in [1.82, 2.24) is 0 Å². The predicted molar refractivity (Wildman–Crippen MR) is 95.1 cm³/mol. The molecule has 1 aliphatic heterocycles. The molecule has 4 heteroatoms. The fourth-order valence-corrected chi connectivity index (χ4v) is 3.72. The Morgan fingerprint density at radius 1 is 0.636 bits per heavy atom. The Morgan fingerprint density at radius 3 is 1.50 bits per heavy atom. The van der Waals surface area contributed by atoms with Crippen molar-refractivity contribution in [2.75, 3.05) is 19.8 Å². The summed E-state index contributed by atoms with van der Waals surface area (Å²) in [6, 6.07) is 0. The van der Waals surface area contributed by atoms with Crippen LogP contribution in [-0.2, 0) is 13.6 Å². The van der Waals surface area contributed by atoms with Gasteiger partial charge in [-0.25, -0.2) is 0 Å². The Bertz CT molecular complexity index is 220. The highest BCUT2D eigenvalue weighted by molar-refractivity contribution is 7.41. The van der Waals surface area contributed by atoms with Crippen LogP contribution in [0.2, 0.25) is 0 Å². The summed E-state index contributed by atoms with van der Waals surface area (Å²) >= 11 is 0. The Hall–Kier alpha value is 0.310. The fourth-order valence-electron chi connectivity index (χ4n) is 2.77. The molecule has 0 aromatic rings. The summed E-state index contributed by atoms with van der Waals surface area (Å²) in [4.78, 5) is 0. The molecule has 0 N–H and O–H groups in total. The summed E-state index contributed by atoms with van der Waals surface area (Å²) in [5, 5.41) is 0. The van der Waals surface area contributed by atoms with Gasteiger partial charge in [0.2, 0.25) is 0 Å². The highest BCUT2D eigenvalue weighted by Gasteiger charge is 2.17. The third kappa shape index (κ3) is 12.8. The summed E-state index contributed by atoms with van der Waals surface area (Å²) in [5.41, 5.74) is 0. The molecule has 3 nitrogen and oxygen atoms in total. The van der Waals surface area contributed by atoms with E-state index in [9.17, 15) is 0 Å². The molecule has 0 aromatic heterocycles. The van der Waals surface area contributed by atoms with Gasteiger partial charge in [0, 0.05) is 0 Å². The largest absolute Gasteiger partial charge is 0.332 e. The first kappa shape index (κ1) is 20.4. The lowest BCUT2D eigenvalue weighted by molar-refractivity contribution is 0.241. The molecule has 0 aliphatic carbocycles. The number of hydrogen-bond donors (Lipinski definition) is 0. The van der Waals surface area contributed by atoms with Crippen molar-refractivity contribution in [1.29, 1.82) is 0 Å². The second-order valence-electron chi connectivity index (χ2n) is 6.32. The van der Waals surface area contributed by atoms with E-state index in [0.717, 1.165) is 13.0 Å². The Labute approximate surface area is 139 Å². The van der Waals surface area contributed by atoms with Gasteiger partial charge in [-0.3, -0.25) is 0 Å². The standard InChI is InChI=1S/C18H37O3P/c1-2-3-4-5-6-7-8-9-10-11-12-13-14-15-16-19-22-20-17-18-21-22/h2-18H2,1H3. The molecule has 0 atom stereocenters. The van der Waals surface area contributed by atoms with Crippen LogP contribution in [0.15, 0.2) is 0 Å². The Kier molecular flexibility index (Phi) is 15.0. The molecular formula is C18H37O3P. The van der Waals surface area contributed by atoms with Gasteiger partial charge in [0.15, 0.2) is 0 Å². The second kappa shape index (κ2) is 16.2. The first-order valence-corrected chi connectivity index (χ1v) is 10.7. The van der Waals surface area contributed by atoms with Gasteiger partial charge in [0.1, 0.15) is 0 Å². The van der Waals surface area contributed by atoms with Crippen molar-refractivity contribution in [3.63, 3.8) is 0 Å². The highest BCUT2D eigenvalue weighted by atomic mass is 31.2. The lowest BCUT2D eigenvalue weighted by Crippen LogP contribution is -1.90. The summed E-state index contributed by atoms with van der Waals surface area (Å²) in [7, 11) is -0.987. The van der Waals surface area contributed by atoms with E-state index in [1.165, 1.54) is 83.5 Å². The van der Waals surface area contributed by atoms with Gasteiger partial charge in [-0.15, -0.1) is 0 Å². The van der Waals surface area contributed by atoms with Crippen LogP contribution in [0.5, 0.6) is 0 Å². The van der Waals surface area contributed by atoms with Crippen molar-refractivity contribution in [3.05, 3.63) is 0 Å². The molecule has 22 heavy (non-hydrogen) atoms. The lowest BCUT2D eigenvalue weighted by Gasteiger charge is -2.07. The van der Waals surface area contributed by atoms with Gasteiger partial charge in [0.05, 0.1) is 19.8 Å². The number of unbranched alkanes of at least 4 members (excludes halogenated alkanes) is 13. The molecule has 0 radical (unpaired) electrons. The van der Waals surface area contributed by atoms with E-state index in [0.29, 0.717) is 13.2 Å². The van der Waals surface area contributed by atoms with Crippen LogP contribution in [0.3, 0.4) is 0 Å². The zero-order valence-electron chi connectivity index (χ0n) is 14.7. The van der Waals surface area contributed by atoms with Crippen LogP contribution < -0.4 is 0 Å². The molecule has 1 aliphatic rings. The molecule has 1 rings (SSSR count). The van der Waals surface area contributed by atoms with E-state index in [2.05, 4.69) is 6.92 Å².